The van der Waals surface area contributed by atoms with Gasteiger partial charge in [-0.1, -0.05) is 0 Å². The van der Waals surface area contributed by atoms with Gasteiger partial charge in [-0.15, -0.1) is 0 Å². The summed E-state index contributed by atoms with van der Waals surface area (Å²) in [5.74, 6) is 0. The molecule has 23 heavy (non-hydrogen) atoms. The molecule has 1 aliphatic rings. The number of hydrogen-bond donors (Lipinski definition) is 0. The second kappa shape index (κ2) is 6.95. The van der Waals surface area contributed by atoms with Gasteiger partial charge in [-0.3, -0.25) is 10.1 Å². The molecule has 1 amide bonds. The summed E-state index contributed by atoms with van der Waals surface area (Å²) in [7, 11) is 0. The molecule has 0 spiro atoms. The molecule has 0 aromatic heterocycles. The van der Waals surface area contributed by atoms with E-state index in [0.717, 1.165) is 12.0 Å². The fourth-order valence-corrected chi connectivity index (χ4v) is 2.33. The van der Waals surface area contributed by atoms with E-state index in [0.29, 0.717) is 19.7 Å². The first kappa shape index (κ1) is 17.2. The van der Waals surface area contributed by atoms with E-state index in [1.165, 1.54) is 12.1 Å². The predicted octanol–water partition coefficient (Wildman–Crippen LogP) is 3.29. The molecule has 2 rings (SSSR count). The maximum absolute atomic E-state index is 12.2. The zero-order valence-corrected chi connectivity index (χ0v) is 13.7. The van der Waals surface area contributed by atoms with Crippen LogP contribution in [0.4, 0.5) is 10.5 Å². The Morgan fingerprint density at radius 2 is 2.00 bits per heavy atom. The van der Waals surface area contributed by atoms with Gasteiger partial charge in [0.2, 0.25) is 0 Å². The summed E-state index contributed by atoms with van der Waals surface area (Å²) < 4.78 is 11.2. The second-order valence-electron chi connectivity index (χ2n) is 6.49. The number of rotatable bonds is 2. The van der Waals surface area contributed by atoms with E-state index < -0.39 is 10.5 Å². The van der Waals surface area contributed by atoms with Gasteiger partial charge in [-0.05, 0) is 44.9 Å². The Labute approximate surface area is 135 Å². The summed E-state index contributed by atoms with van der Waals surface area (Å²) in [6.45, 7) is 6.94. The van der Waals surface area contributed by atoms with Crippen LogP contribution >= 0.6 is 0 Å². The van der Waals surface area contributed by atoms with Gasteiger partial charge in [0, 0.05) is 25.3 Å². The Morgan fingerprint density at radius 1 is 1.35 bits per heavy atom. The molecule has 0 saturated carbocycles. The maximum atomic E-state index is 12.2. The highest BCUT2D eigenvalue weighted by Crippen LogP contribution is 2.25. The highest BCUT2D eigenvalue weighted by molar-refractivity contribution is 5.68. The number of nitrogens with zero attached hydrogens (tertiary/aromatic N) is 2. The number of amides is 1. The van der Waals surface area contributed by atoms with Crippen LogP contribution in [0, 0.1) is 10.1 Å². The maximum Gasteiger partial charge on any atom is 0.410 e. The summed E-state index contributed by atoms with van der Waals surface area (Å²) >= 11 is 0. The molecule has 7 nitrogen and oxygen atoms in total. The Hall–Kier alpha value is -2.15. The smallest absolute Gasteiger partial charge is 0.410 e. The number of carbonyl (C=O) groups is 1. The van der Waals surface area contributed by atoms with Crippen LogP contribution in [0.1, 0.15) is 38.9 Å². The fraction of sp³-hybridized carbons (Fsp3) is 0.562. The SMILES string of the molecule is CC(C)(C)OC(=O)N1CCCOC(c2ccc([N+](=O)[O-])cc2)C1. The molecule has 1 fully saturated rings. The molecule has 1 saturated heterocycles. The van der Waals surface area contributed by atoms with Crippen molar-refractivity contribution in [2.45, 2.75) is 38.9 Å². The van der Waals surface area contributed by atoms with E-state index in [4.69, 9.17) is 9.47 Å². The van der Waals surface area contributed by atoms with Gasteiger partial charge < -0.3 is 14.4 Å². The van der Waals surface area contributed by atoms with Crippen molar-refractivity contribution in [2.75, 3.05) is 19.7 Å². The Bertz CT molecular complexity index is 565. The summed E-state index contributed by atoms with van der Waals surface area (Å²) in [4.78, 5) is 24.2. The second-order valence-corrected chi connectivity index (χ2v) is 6.49. The predicted molar refractivity (Wildman–Crippen MR) is 84.2 cm³/mol. The van der Waals surface area contributed by atoms with Gasteiger partial charge in [-0.2, -0.15) is 0 Å². The van der Waals surface area contributed by atoms with E-state index in [1.807, 2.05) is 20.8 Å². The van der Waals surface area contributed by atoms with Crippen LogP contribution in [0.3, 0.4) is 0 Å². The number of nitro groups is 1. The largest absolute Gasteiger partial charge is 0.444 e. The van der Waals surface area contributed by atoms with E-state index in [-0.39, 0.29) is 17.9 Å². The van der Waals surface area contributed by atoms with E-state index in [2.05, 4.69) is 0 Å². The van der Waals surface area contributed by atoms with Crippen molar-refractivity contribution in [2.24, 2.45) is 0 Å². The van der Waals surface area contributed by atoms with E-state index >= 15 is 0 Å². The first-order valence-electron chi connectivity index (χ1n) is 7.60. The van der Waals surface area contributed by atoms with Crippen molar-refractivity contribution in [1.29, 1.82) is 0 Å². The minimum Gasteiger partial charge on any atom is -0.444 e. The summed E-state index contributed by atoms with van der Waals surface area (Å²) in [5.41, 5.74) is 0.296. The zero-order valence-electron chi connectivity index (χ0n) is 13.7. The van der Waals surface area contributed by atoms with Crippen LogP contribution in [-0.2, 0) is 9.47 Å². The quantitative estimate of drug-likeness (QED) is 0.616. The third kappa shape index (κ3) is 4.92. The van der Waals surface area contributed by atoms with Crippen LogP contribution in [-0.4, -0.2) is 41.2 Å². The number of ether oxygens (including phenoxy) is 2. The topological polar surface area (TPSA) is 81.9 Å². The van der Waals surface area contributed by atoms with Crippen LogP contribution in [0.15, 0.2) is 24.3 Å². The monoisotopic (exact) mass is 322 g/mol. The number of non-ortho nitro benzene ring substituents is 1. The molecule has 1 aromatic rings. The molecule has 1 unspecified atom stereocenters. The van der Waals surface area contributed by atoms with Crippen molar-refractivity contribution in [3.05, 3.63) is 39.9 Å². The average molecular weight is 322 g/mol. The zero-order chi connectivity index (χ0) is 17.0. The Morgan fingerprint density at radius 3 is 2.57 bits per heavy atom. The summed E-state index contributed by atoms with van der Waals surface area (Å²) in [6, 6.07) is 6.23. The van der Waals surface area contributed by atoms with Gasteiger partial charge in [-0.25, -0.2) is 4.79 Å². The number of nitro benzene ring substituents is 1. The third-order valence-electron chi connectivity index (χ3n) is 3.41. The number of carbonyl (C=O) groups excluding carboxylic acids is 1. The molecule has 7 heteroatoms. The molecule has 1 atom stereocenters. The van der Waals surface area contributed by atoms with Crippen LogP contribution in [0.2, 0.25) is 0 Å². The molecule has 126 valence electrons. The first-order valence-corrected chi connectivity index (χ1v) is 7.60. The van der Waals surface area contributed by atoms with Gasteiger partial charge in [0.05, 0.1) is 11.5 Å². The first-order chi connectivity index (χ1) is 10.8. The summed E-state index contributed by atoms with van der Waals surface area (Å²) in [5, 5.41) is 10.7. The lowest BCUT2D eigenvalue weighted by molar-refractivity contribution is -0.384. The molecule has 0 aliphatic carbocycles. The molecule has 0 N–H and O–H groups in total. The highest BCUT2D eigenvalue weighted by atomic mass is 16.6. The number of benzene rings is 1. The minimum absolute atomic E-state index is 0.0337. The van der Waals surface area contributed by atoms with Crippen LogP contribution in [0.5, 0.6) is 0 Å². The van der Waals surface area contributed by atoms with Gasteiger partial charge in [0.1, 0.15) is 11.7 Å². The molecule has 1 aliphatic heterocycles. The fourth-order valence-electron chi connectivity index (χ4n) is 2.33. The normalized spacial score (nSPS) is 19.1. The lowest BCUT2D eigenvalue weighted by Gasteiger charge is -2.28. The summed E-state index contributed by atoms with van der Waals surface area (Å²) in [6.07, 6.45) is 0.0450. The van der Waals surface area contributed by atoms with E-state index in [1.54, 1.807) is 17.0 Å². The standard InChI is InChI=1S/C16H22N2O5/c1-16(2,3)23-15(19)17-9-4-10-22-14(11-17)12-5-7-13(8-6-12)18(20)21/h5-8,14H,4,9-11H2,1-3H3. The van der Waals surface area contributed by atoms with Crippen molar-refractivity contribution >= 4 is 11.8 Å². The van der Waals surface area contributed by atoms with Gasteiger partial charge in [0.25, 0.3) is 5.69 Å². The Kier molecular flexibility index (Phi) is 5.20. The molecule has 1 heterocycles. The molecule has 1 aromatic carbocycles. The van der Waals surface area contributed by atoms with Crippen LogP contribution < -0.4 is 0 Å². The molecule has 0 radical (unpaired) electrons. The number of hydrogen-bond acceptors (Lipinski definition) is 5. The van der Waals surface area contributed by atoms with E-state index in [9.17, 15) is 14.9 Å². The van der Waals surface area contributed by atoms with Crippen LogP contribution in [0.25, 0.3) is 0 Å². The highest BCUT2D eigenvalue weighted by Gasteiger charge is 2.27. The lowest BCUT2D eigenvalue weighted by atomic mass is 10.1. The Balaban J connectivity index is 2.09. The lowest BCUT2D eigenvalue weighted by Crippen LogP contribution is -2.38. The van der Waals surface area contributed by atoms with Gasteiger partial charge >= 0.3 is 6.09 Å². The van der Waals surface area contributed by atoms with Crippen molar-refractivity contribution in [3.8, 4) is 0 Å². The molecule has 0 bridgehead atoms. The average Bonchev–Trinajstić information content (AvgIpc) is 2.71. The molecular formula is C16H22N2O5. The van der Waals surface area contributed by atoms with Crippen molar-refractivity contribution in [1.82, 2.24) is 4.90 Å². The van der Waals surface area contributed by atoms with Crippen molar-refractivity contribution in [3.63, 3.8) is 0 Å². The minimum atomic E-state index is -0.549. The molecular weight excluding hydrogens is 300 g/mol. The van der Waals surface area contributed by atoms with Gasteiger partial charge in [0.15, 0.2) is 0 Å². The third-order valence-corrected chi connectivity index (χ3v) is 3.41. The van der Waals surface area contributed by atoms with Crippen molar-refractivity contribution < 1.29 is 19.2 Å².